The largest absolute Gasteiger partial charge is 0.444 e. The van der Waals surface area contributed by atoms with Crippen molar-refractivity contribution in [2.75, 3.05) is 30.4 Å². The topological polar surface area (TPSA) is 76.4 Å². The van der Waals surface area contributed by atoms with Crippen molar-refractivity contribution in [2.24, 2.45) is 0 Å². The van der Waals surface area contributed by atoms with Crippen LogP contribution in [0.25, 0.3) is 0 Å². The molecule has 0 aromatic heterocycles. The molecule has 5 nitrogen and oxygen atoms in total. The van der Waals surface area contributed by atoms with Gasteiger partial charge in [-0.3, -0.25) is 0 Å². The summed E-state index contributed by atoms with van der Waals surface area (Å²) in [5.41, 5.74) is 6.98. The van der Waals surface area contributed by atoms with E-state index in [1.807, 2.05) is 45.2 Å². The van der Waals surface area contributed by atoms with Gasteiger partial charge in [-0.25, -0.2) is 4.79 Å². The SMILES string of the molecule is CSc1ccc(N)c(NCCNC(=O)OC(C)(C)C)c1. The lowest BCUT2D eigenvalue weighted by Gasteiger charge is -2.19. The fourth-order valence-corrected chi connectivity index (χ4v) is 1.93. The van der Waals surface area contributed by atoms with Crippen molar-refractivity contribution in [2.45, 2.75) is 31.3 Å². The molecule has 0 aliphatic rings. The van der Waals surface area contributed by atoms with Crippen LogP contribution in [0.15, 0.2) is 23.1 Å². The predicted molar refractivity (Wildman–Crippen MR) is 85.4 cm³/mol. The Morgan fingerprint density at radius 2 is 2.05 bits per heavy atom. The molecule has 112 valence electrons. The normalized spacial score (nSPS) is 11.0. The number of carbonyl (C=O) groups is 1. The molecule has 0 bridgehead atoms. The monoisotopic (exact) mass is 297 g/mol. The maximum atomic E-state index is 11.4. The first-order valence-corrected chi connectivity index (χ1v) is 7.68. The summed E-state index contributed by atoms with van der Waals surface area (Å²) < 4.78 is 5.14. The van der Waals surface area contributed by atoms with Gasteiger partial charge in [-0.2, -0.15) is 0 Å². The second kappa shape index (κ2) is 7.28. The molecule has 0 heterocycles. The Bertz CT molecular complexity index is 458. The minimum Gasteiger partial charge on any atom is -0.444 e. The summed E-state index contributed by atoms with van der Waals surface area (Å²) in [5, 5.41) is 5.89. The van der Waals surface area contributed by atoms with Crippen molar-refractivity contribution in [1.82, 2.24) is 5.32 Å². The average molecular weight is 297 g/mol. The number of hydrogen-bond acceptors (Lipinski definition) is 5. The van der Waals surface area contributed by atoms with E-state index in [0.717, 1.165) is 10.6 Å². The van der Waals surface area contributed by atoms with Crippen molar-refractivity contribution in [3.8, 4) is 0 Å². The molecule has 0 fully saturated rings. The minimum absolute atomic E-state index is 0.412. The third-order valence-corrected chi connectivity index (χ3v) is 3.09. The third-order valence-electron chi connectivity index (χ3n) is 2.37. The number of hydrogen-bond donors (Lipinski definition) is 3. The lowest BCUT2D eigenvalue weighted by molar-refractivity contribution is 0.0530. The number of alkyl carbamates (subject to hydrolysis) is 1. The lowest BCUT2D eigenvalue weighted by Crippen LogP contribution is -2.35. The predicted octanol–water partition coefficient (Wildman–Crippen LogP) is 2.93. The molecule has 0 aliphatic carbocycles. The second-order valence-electron chi connectivity index (χ2n) is 5.31. The van der Waals surface area contributed by atoms with Crippen molar-refractivity contribution < 1.29 is 9.53 Å². The van der Waals surface area contributed by atoms with Gasteiger partial charge in [-0.15, -0.1) is 11.8 Å². The lowest BCUT2D eigenvalue weighted by atomic mass is 10.2. The number of nitrogens with two attached hydrogens (primary N) is 1. The van der Waals surface area contributed by atoms with Crippen molar-refractivity contribution >= 4 is 29.2 Å². The van der Waals surface area contributed by atoms with Crippen LogP contribution in [0.1, 0.15) is 20.8 Å². The number of nitrogens with one attached hydrogen (secondary N) is 2. The molecular formula is C14H23N3O2S. The number of rotatable bonds is 5. The summed E-state index contributed by atoms with van der Waals surface area (Å²) in [6.07, 6.45) is 1.60. The van der Waals surface area contributed by atoms with Crippen LogP contribution in [0.5, 0.6) is 0 Å². The highest BCUT2D eigenvalue weighted by atomic mass is 32.2. The highest BCUT2D eigenvalue weighted by molar-refractivity contribution is 7.98. The smallest absolute Gasteiger partial charge is 0.407 e. The summed E-state index contributed by atoms with van der Waals surface area (Å²) in [6, 6.07) is 5.84. The molecule has 0 saturated heterocycles. The summed E-state index contributed by atoms with van der Waals surface area (Å²) in [4.78, 5) is 12.6. The van der Waals surface area contributed by atoms with Crippen LogP contribution in [0.3, 0.4) is 0 Å². The highest BCUT2D eigenvalue weighted by Crippen LogP contribution is 2.24. The first kappa shape index (κ1) is 16.5. The average Bonchev–Trinajstić information content (AvgIpc) is 2.34. The number of thioether (sulfide) groups is 1. The Labute approximate surface area is 124 Å². The van der Waals surface area contributed by atoms with Gasteiger partial charge in [0.15, 0.2) is 0 Å². The molecule has 20 heavy (non-hydrogen) atoms. The molecule has 1 rings (SSSR count). The van der Waals surface area contributed by atoms with Crippen LogP contribution in [0.2, 0.25) is 0 Å². The quantitative estimate of drug-likeness (QED) is 0.442. The van der Waals surface area contributed by atoms with Gasteiger partial charge in [0.25, 0.3) is 0 Å². The van der Waals surface area contributed by atoms with E-state index in [2.05, 4.69) is 10.6 Å². The number of ether oxygens (including phenoxy) is 1. The van der Waals surface area contributed by atoms with Crippen molar-refractivity contribution in [1.29, 1.82) is 0 Å². The van der Waals surface area contributed by atoms with Crippen molar-refractivity contribution in [3.05, 3.63) is 18.2 Å². The van der Waals surface area contributed by atoms with E-state index < -0.39 is 11.7 Å². The summed E-state index contributed by atoms with van der Waals surface area (Å²) in [6.45, 7) is 6.55. The third kappa shape index (κ3) is 6.06. The minimum atomic E-state index is -0.478. The Kier molecular flexibility index (Phi) is 6.01. The van der Waals surface area contributed by atoms with E-state index in [4.69, 9.17) is 10.5 Å². The Hall–Kier alpha value is -1.56. The maximum absolute atomic E-state index is 11.4. The number of amides is 1. The standard InChI is InChI=1S/C14H23N3O2S/c1-14(2,3)19-13(18)17-8-7-16-12-9-10(20-4)5-6-11(12)15/h5-6,9,16H,7-8,15H2,1-4H3,(H,17,18). The van der Waals surface area contributed by atoms with E-state index in [1.54, 1.807) is 11.8 Å². The van der Waals surface area contributed by atoms with Gasteiger partial charge in [-0.05, 0) is 45.2 Å². The van der Waals surface area contributed by atoms with E-state index in [9.17, 15) is 4.79 Å². The van der Waals surface area contributed by atoms with Gasteiger partial charge in [-0.1, -0.05) is 0 Å². The molecule has 0 aliphatic heterocycles. The molecule has 4 N–H and O–H groups in total. The summed E-state index contributed by atoms with van der Waals surface area (Å²) in [5.74, 6) is 0. The summed E-state index contributed by atoms with van der Waals surface area (Å²) >= 11 is 1.66. The molecule has 1 amide bonds. The van der Waals surface area contributed by atoms with Crippen LogP contribution >= 0.6 is 11.8 Å². The van der Waals surface area contributed by atoms with Gasteiger partial charge >= 0.3 is 6.09 Å². The van der Waals surface area contributed by atoms with Crippen LogP contribution < -0.4 is 16.4 Å². The van der Waals surface area contributed by atoms with Crippen LogP contribution in [0, 0.1) is 0 Å². The molecular weight excluding hydrogens is 274 g/mol. The Morgan fingerprint density at radius 1 is 1.35 bits per heavy atom. The zero-order valence-corrected chi connectivity index (χ0v) is 13.3. The molecule has 1 aromatic carbocycles. The van der Waals surface area contributed by atoms with Gasteiger partial charge in [0.05, 0.1) is 11.4 Å². The fraction of sp³-hybridized carbons (Fsp3) is 0.500. The molecule has 0 atom stereocenters. The first-order chi connectivity index (χ1) is 9.31. The second-order valence-corrected chi connectivity index (χ2v) is 6.19. The number of carbonyl (C=O) groups excluding carboxylic acids is 1. The first-order valence-electron chi connectivity index (χ1n) is 6.46. The van der Waals surface area contributed by atoms with E-state index in [-0.39, 0.29) is 0 Å². The molecule has 0 radical (unpaired) electrons. The fourth-order valence-electron chi connectivity index (χ4n) is 1.49. The highest BCUT2D eigenvalue weighted by Gasteiger charge is 2.15. The van der Waals surface area contributed by atoms with E-state index >= 15 is 0 Å². The zero-order valence-electron chi connectivity index (χ0n) is 12.4. The number of nitrogen functional groups attached to an aromatic ring is 1. The molecule has 0 unspecified atom stereocenters. The van der Waals surface area contributed by atoms with Gasteiger partial charge in [0.1, 0.15) is 5.60 Å². The number of benzene rings is 1. The molecule has 1 aromatic rings. The van der Waals surface area contributed by atoms with Crippen LogP contribution in [0.4, 0.5) is 16.2 Å². The van der Waals surface area contributed by atoms with E-state index in [0.29, 0.717) is 18.8 Å². The molecule has 6 heteroatoms. The Morgan fingerprint density at radius 3 is 2.65 bits per heavy atom. The summed E-state index contributed by atoms with van der Waals surface area (Å²) in [7, 11) is 0. The Balaban J connectivity index is 2.36. The van der Waals surface area contributed by atoms with Crippen LogP contribution in [-0.4, -0.2) is 31.0 Å². The van der Waals surface area contributed by atoms with Crippen molar-refractivity contribution in [3.63, 3.8) is 0 Å². The van der Waals surface area contributed by atoms with Gasteiger partial charge < -0.3 is 21.1 Å². The molecule has 0 saturated carbocycles. The molecule has 0 spiro atoms. The van der Waals surface area contributed by atoms with Gasteiger partial charge in [0, 0.05) is 18.0 Å². The maximum Gasteiger partial charge on any atom is 0.407 e. The van der Waals surface area contributed by atoms with Gasteiger partial charge in [0.2, 0.25) is 0 Å². The van der Waals surface area contributed by atoms with E-state index in [1.165, 1.54) is 0 Å². The number of anilines is 2. The zero-order chi connectivity index (χ0) is 15.2. The van der Waals surface area contributed by atoms with Crippen LogP contribution in [-0.2, 0) is 4.74 Å².